The van der Waals surface area contributed by atoms with Gasteiger partial charge in [-0.1, -0.05) is 13.3 Å². The maximum Gasteiger partial charge on any atom is 0.0333 e. The first kappa shape index (κ1) is 9.58. The first-order valence-electron chi connectivity index (χ1n) is 3.51. The molecule has 0 fully saturated rings. The summed E-state index contributed by atoms with van der Waals surface area (Å²) in [4.78, 5) is 0. The van der Waals surface area contributed by atoms with Crippen LogP contribution in [0.5, 0.6) is 0 Å². The van der Waals surface area contributed by atoms with Gasteiger partial charge in [0.1, 0.15) is 0 Å². The molecule has 0 saturated carbocycles. The van der Waals surface area contributed by atoms with Crippen LogP contribution in [0.15, 0.2) is 0 Å². The van der Waals surface area contributed by atoms with Crippen LogP contribution in [-0.4, -0.2) is 11.3 Å². The second-order valence-corrected chi connectivity index (χ2v) is 3.19. The maximum absolute atomic E-state index is 5.86. The van der Waals surface area contributed by atoms with Crippen molar-refractivity contribution >= 4 is 23.2 Å². The Bertz CT molecular complexity index is 54.9. The molecule has 0 spiro atoms. The summed E-state index contributed by atoms with van der Waals surface area (Å²) in [6, 6.07) is 0. The molecule has 0 aliphatic rings. The van der Waals surface area contributed by atoms with Crippen LogP contribution in [0.25, 0.3) is 0 Å². The van der Waals surface area contributed by atoms with E-state index in [4.69, 9.17) is 23.2 Å². The van der Waals surface area contributed by atoms with E-state index >= 15 is 0 Å². The van der Waals surface area contributed by atoms with Crippen LogP contribution in [0.3, 0.4) is 0 Å². The van der Waals surface area contributed by atoms with E-state index in [0.29, 0.717) is 5.38 Å². The van der Waals surface area contributed by atoms with Crippen LogP contribution < -0.4 is 0 Å². The Hall–Kier alpha value is 0.580. The lowest BCUT2D eigenvalue weighted by Crippen LogP contribution is -1.94. The lowest BCUT2D eigenvalue weighted by atomic mass is 10.2. The maximum atomic E-state index is 5.86. The number of alkyl halides is 2. The molecular formula is C7H14Cl2. The second-order valence-electron chi connectivity index (χ2n) is 2.19. The van der Waals surface area contributed by atoms with Gasteiger partial charge in [-0.05, 0) is 19.3 Å². The van der Waals surface area contributed by atoms with Gasteiger partial charge in [0.05, 0.1) is 0 Å². The van der Waals surface area contributed by atoms with Crippen molar-refractivity contribution in [3.05, 3.63) is 0 Å². The molecule has 0 amide bonds. The van der Waals surface area contributed by atoms with E-state index in [2.05, 4.69) is 6.92 Å². The summed E-state index contributed by atoms with van der Waals surface area (Å²) >= 11 is 11.3. The van der Waals surface area contributed by atoms with Gasteiger partial charge in [0, 0.05) is 11.3 Å². The number of unbranched alkanes of at least 4 members (excludes halogenated alkanes) is 1. The predicted molar refractivity (Wildman–Crippen MR) is 44.5 cm³/mol. The van der Waals surface area contributed by atoms with Gasteiger partial charge in [0.15, 0.2) is 0 Å². The van der Waals surface area contributed by atoms with E-state index in [1.807, 2.05) is 0 Å². The third-order valence-corrected chi connectivity index (χ3v) is 2.14. The molecule has 56 valence electrons. The zero-order valence-corrected chi connectivity index (χ0v) is 7.38. The third kappa shape index (κ3) is 6.47. The van der Waals surface area contributed by atoms with Gasteiger partial charge < -0.3 is 0 Å². The molecule has 0 aliphatic heterocycles. The van der Waals surface area contributed by atoms with Gasteiger partial charge in [-0.2, -0.15) is 0 Å². The van der Waals surface area contributed by atoms with Gasteiger partial charge in [-0.25, -0.2) is 0 Å². The van der Waals surface area contributed by atoms with Crippen molar-refractivity contribution in [3.8, 4) is 0 Å². The first-order chi connectivity index (χ1) is 4.31. The van der Waals surface area contributed by atoms with Crippen molar-refractivity contribution in [1.29, 1.82) is 0 Å². The molecule has 0 aromatic carbocycles. The lowest BCUT2D eigenvalue weighted by molar-refractivity contribution is 0.666. The highest BCUT2D eigenvalue weighted by molar-refractivity contribution is 6.20. The van der Waals surface area contributed by atoms with Gasteiger partial charge in [0.25, 0.3) is 0 Å². The van der Waals surface area contributed by atoms with Crippen LogP contribution in [0.4, 0.5) is 0 Å². The fourth-order valence-electron chi connectivity index (χ4n) is 0.664. The van der Waals surface area contributed by atoms with Gasteiger partial charge in [-0.15, -0.1) is 23.2 Å². The summed E-state index contributed by atoms with van der Waals surface area (Å²) in [5.41, 5.74) is 0. The molecule has 0 aromatic heterocycles. The summed E-state index contributed by atoms with van der Waals surface area (Å²) in [6.07, 6.45) is 4.46. The Labute approximate surface area is 67.5 Å². The average molecular weight is 169 g/mol. The van der Waals surface area contributed by atoms with Gasteiger partial charge >= 0.3 is 0 Å². The van der Waals surface area contributed by atoms with Crippen molar-refractivity contribution in [2.45, 2.75) is 38.0 Å². The molecular weight excluding hydrogens is 155 g/mol. The van der Waals surface area contributed by atoms with Gasteiger partial charge in [0.2, 0.25) is 0 Å². The highest BCUT2D eigenvalue weighted by Gasteiger charge is 1.98. The molecule has 0 nitrogen and oxygen atoms in total. The Morgan fingerprint density at radius 1 is 1.33 bits per heavy atom. The Balaban J connectivity index is 2.88. The minimum Gasteiger partial charge on any atom is -0.127 e. The van der Waals surface area contributed by atoms with Crippen molar-refractivity contribution in [2.24, 2.45) is 0 Å². The lowest BCUT2D eigenvalue weighted by Gasteiger charge is -2.02. The zero-order chi connectivity index (χ0) is 7.11. The molecule has 2 heteroatoms. The topological polar surface area (TPSA) is 0 Å². The molecule has 1 unspecified atom stereocenters. The SMILES string of the molecule is CCC(Cl)CCCCCl. The normalized spacial score (nSPS) is 13.7. The minimum atomic E-state index is 0.369. The standard InChI is InChI=1S/C7H14Cl2/c1-2-7(9)5-3-4-6-8/h7H,2-6H2,1H3. The third-order valence-electron chi connectivity index (χ3n) is 1.34. The number of hydrogen-bond donors (Lipinski definition) is 0. The first-order valence-corrected chi connectivity index (χ1v) is 4.48. The number of rotatable bonds is 5. The summed E-state index contributed by atoms with van der Waals surface area (Å²) in [5.74, 6) is 0.771. The second kappa shape index (κ2) is 6.70. The number of halogens is 2. The highest BCUT2D eigenvalue weighted by atomic mass is 35.5. The van der Waals surface area contributed by atoms with Crippen LogP contribution in [-0.2, 0) is 0 Å². The Morgan fingerprint density at radius 2 is 2.00 bits per heavy atom. The van der Waals surface area contributed by atoms with Crippen molar-refractivity contribution in [3.63, 3.8) is 0 Å². The molecule has 0 heterocycles. The fourth-order valence-corrected chi connectivity index (χ4v) is 1.01. The average Bonchev–Trinajstić information content (AvgIpc) is 1.89. The van der Waals surface area contributed by atoms with Crippen molar-refractivity contribution in [2.75, 3.05) is 5.88 Å². The summed E-state index contributed by atoms with van der Waals surface area (Å²) in [5, 5.41) is 0.369. The molecule has 0 N–H and O–H groups in total. The molecule has 0 aromatic rings. The van der Waals surface area contributed by atoms with Crippen LogP contribution >= 0.6 is 23.2 Å². The summed E-state index contributed by atoms with van der Waals surface area (Å²) < 4.78 is 0. The highest BCUT2D eigenvalue weighted by Crippen LogP contribution is 2.10. The molecule has 1 atom stereocenters. The monoisotopic (exact) mass is 168 g/mol. The van der Waals surface area contributed by atoms with Gasteiger partial charge in [-0.3, -0.25) is 0 Å². The van der Waals surface area contributed by atoms with Crippen LogP contribution in [0, 0.1) is 0 Å². The van der Waals surface area contributed by atoms with E-state index in [9.17, 15) is 0 Å². The molecule has 0 rings (SSSR count). The fraction of sp³-hybridized carbons (Fsp3) is 1.00. The van der Waals surface area contributed by atoms with Crippen LogP contribution in [0.2, 0.25) is 0 Å². The van der Waals surface area contributed by atoms with Crippen molar-refractivity contribution in [1.82, 2.24) is 0 Å². The molecule has 0 aliphatic carbocycles. The van der Waals surface area contributed by atoms with E-state index in [0.717, 1.165) is 25.1 Å². The largest absolute Gasteiger partial charge is 0.127 e. The van der Waals surface area contributed by atoms with E-state index in [-0.39, 0.29) is 0 Å². The summed E-state index contributed by atoms with van der Waals surface area (Å²) in [7, 11) is 0. The molecule has 0 radical (unpaired) electrons. The van der Waals surface area contributed by atoms with Crippen LogP contribution in [0.1, 0.15) is 32.6 Å². The molecule has 0 bridgehead atoms. The van der Waals surface area contributed by atoms with Crippen molar-refractivity contribution < 1.29 is 0 Å². The summed E-state index contributed by atoms with van der Waals surface area (Å²) in [6.45, 7) is 2.11. The number of hydrogen-bond acceptors (Lipinski definition) is 0. The minimum absolute atomic E-state index is 0.369. The zero-order valence-electron chi connectivity index (χ0n) is 5.87. The molecule has 9 heavy (non-hydrogen) atoms. The Kier molecular flexibility index (Phi) is 7.13. The van der Waals surface area contributed by atoms with E-state index in [1.54, 1.807) is 0 Å². The van der Waals surface area contributed by atoms with E-state index < -0.39 is 0 Å². The van der Waals surface area contributed by atoms with E-state index in [1.165, 1.54) is 6.42 Å². The quantitative estimate of drug-likeness (QED) is 0.437. The Morgan fingerprint density at radius 3 is 2.44 bits per heavy atom. The predicted octanol–water partition coefficient (Wildman–Crippen LogP) is 3.41. The smallest absolute Gasteiger partial charge is 0.0333 e. The molecule has 0 saturated heterocycles.